The van der Waals surface area contributed by atoms with Gasteiger partial charge in [-0.1, -0.05) is 25.3 Å². The minimum absolute atomic E-state index is 0.219. The standard InChI is InChI=1S/C14H18BrClFN/c15-11-8-10(6-7-13(11)17)9-18-14-5-3-1-2-4-12(14)16/h6-8,12,14,18H,1-5,9H2. The maximum Gasteiger partial charge on any atom is 0.137 e. The topological polar surface area (TPSA) is 12.0 Å². The van der Waals surface area contributed by atoms with Crippen molar-refractivity contribution in [1.29, 1.82) is 0 Å². The van der Waals surface area contributed by atoms with Crippen molar-refractivity contribution < 1.29 is 4.39 Å². The van der Waals surface area contributed by atoms with E-state index < -0.39 is 0 Å². The molecule has 1 aliphatic carbocycles. The molecule has 1 aromatic rings. The zero-order valence-corrected chi connectivity index (χ0v) is 12.6. The zero-order chi connectivity index (χ0) is 13.0. The average Bonchev–Trinajstić information content (AvgIpc) is 2.56. The van der Waals surface area contributed by atoms with E-state index in [0.717, 1.165) is 24.9 Å². The van der Waals surface area contributed by atoms with Crippen molar-refractivity contribution in [2.24, 2.45) is 0 Å². The number of benzene rings is 1. The van der Waals surface area contributed by atoms with E-state index in [9.17, 15) is 4.39 Å². The molecule has 18 heavy (non-hydrogen) atoms. The molecule has 1 nitrogen and oxygen atoms in total. The summed E-state index contributed by atoms with van der Waals surface area (Å²) < 4.78 is 13.6. The third-order valence-corrected chi connectivity index (χ3v) is 4.61. The number of alkyl halides is 1. The minimum Gasteiger partial charge on any atom is -0.308 e. The summed E-state index contributed by atoms with van der Waals surface area (Å²) in [6, 6.07) is 5.50. The lowest BCUT2D eigenvalue weighted by molar-refractivity contribution is 0.464. The van der Waals surface area contributed by atoms with E-state index in [1.165, 1.54) is 25.3 Å². The summed E-state index contributed by atoms with van der Waals surface area (Å²) in [6.07, 6.45) is 5.98. The van der Waals surface area contributed by atoms with Crippen LogP contribution in [-0.2, 0) is 6.54 Å². The van der Waals surface area contributed by atoms with Gasteiger partial charge in [-0.15, -0.1) is 11.6 Å². The van der Waals surface area contributed by atoms with Gasteiger partial charge in [-0.25, -0.2) is 4.39 Å². The van der Waals surface area contributed by atoms with Crippen molar-refractivity contribution in [2.75, 3.05) is 0 Å². The number of nitrogens with one attached hydrogen (secondary N) is 1. The highest BCUT2D eigenvalue weighted by molar-refractivity contribution is 9.10. The molecule has 0 spiro atoms. The minimum atomic E-state index is -0.219. The molecule has 1 N–H and O–H groups in total. The van der Waals surface area contributed by atoms with Gasteiger partial charge >= 0.3 is 0 Å². The van der Waals surface area contributed by atoms with E-state index >= 15 is 0 Å². The molecule has 100 valence electrons. The second-order valence-corrected chi connectivity index (χ2v) is 6.30. The van der Waals surface area contributed by atoms with E-state index in [2.05, 4.69) is 21.2 Å². The van der Waals surface area contributed by atoms with Gasteiger partial charge in [0.1, 0.15) is 5.82 Å². The van der Waals surface area contributed by atoms with Gasteiger partial charge < -0.3 is 5.32 Å². The lowest BCUT2D eigenvalue weighted by Crippen LogP contribution is -2.35. The van der Waals surface area contributed by atoms with Crippen LogP contribution in [0.5, 0.6) is 0 Å². The fourth-order valence-corrected chi connectivity index (χ4v) is 3.19. The Morgan fingerprint density at radius 3 is 2.83 bits per heavy atom. The van der Waals surface area contributed by atoms with Crippen LogP contribution >= 0.6 is 27.5 Å². The Balaban J connectivity index is 1.91. The van der Waals surface area contributed by atoms with Crippen LogP contribution in [0.3, 0.4) is 0 Å². The zero-order valence-electron chi connectivity index (χ0n) is 10.3. The van der Waals surface area contributed by atoms with Gasteiger partial charge in [0.15, 0.2) is 0 Å². The predicted octanol–water partition coefficient (Wildman–Crippen LogP) is 4.62. The highest BCUT2D eigenvalue weighted by Crippen LogP contribution is 2.23. The Bertz CT molecular complexity index is 399. The Hall–Kier alpha value is -0.120. The Kier molecular flexibility index (Phi) is 5.46. The first-order valence-electron chi connectivity index (χ1n) is 6.48. The molecule has 1 fully saturated rings. The molecular weight excluding hydrogens is 317 g/mol. The summed E-state index contributed by atoms with van der Waals surface area (Å²) in [4.78, 5) is 0. The summed E-state index contributed by atoms with van der Waals surface area (Å²) in [7, 11) is 0. The molecule has 0 radical (unpaired) electrons. The quantitative estimate of drug-likeness (QED) is 0.628. The lowest BCUT2D eigenvalue weighted by atomic mass is 10.1. The molecular formula is C14H18BrClFN. The second-order valence-electron chi connectivity index (χ2n) is 4.89. The van der Waals surface area contributed by atoms with Crippen molar-refractivity contribution in [3.8, 4) is 0 Å². The summed E-state index contributed by atoms with van der Waals surface area (Å²) in [5, 5.41) is 3.72. The van der Waals surface area contributed by atoms with Crippen LogP contribution in [0.4, 0.5) is 4.39 Å². The van der Waals surface area contributed by atoms with E-state index in [1.54, 1.807) is 0 Å². The van der Waals surface area contributed by atoms with Crippen LogP contribution in [0.1, 0.15) is 37.7 Å². The number of rotatable bonds is 3. The highest BCUT2D eigenvalue weighted by Gasteiger charge is 2.20. The summed E-state index contributed by atoms with van der Waals surface area (Å²) >= 11 is 9.59. The van der Waals surface area contributed by atoms with Crippen molar-refractivity contribution in [3.63, 3.8) is 0 Å². The van der Waals surface area contributed by atoms with E-state index in [0.29, 0.717) is 10.5 Å². The maximum absolute atomic E-state index is 13.1. The van der Waals surface area contributed by atoms with Crippen molar-refractivity contribution in [1.82, 2.24) is 5.32 Å². The van der Waals surface area contributed by atoms with E-state index in [1.807, 2.05) is 12.1 Å². The highest BCUT2D eigenvalue weighted by atomic mass is 79.9. The summed E-state index contributed by atoms with van der Waals surface area (Å²) in [5.74, 6) is -0.219. The van der Waals surface area contributed by atoms with Crippen LogP contribution in [-0.4, -0.2) is 11.4 Å². The van der Waals surface area contributed by atoms with Gasteiger partial charge in [-0.05, 0) is 46.5 Å². The summed E-state index contributed by atoms with van der Waals surface area (Å²) in [6.45, 7) is 0.743. The average molecular weight is 335 g/mol. The molecule has 0 aromatic heterocycles. The number of halogens is 3. The van der Waals surface area contributed by atoms with E-state index in [4.69, 9.17) is 11.6 Å². The molecule has 1 aromatic carbocycles. The molecule has 0 saturated heterocycles. The molecule has 1 aliphatic rings. The van der Waals surface area contributed by atoms with Crippen molar-refractivity contribution in [3.05, 3.63) is 34.1 Å². The third kappa shape index (κ3) is 3.94. The van der Waals surface area contributed by atoms with Gasteiger partial charge in [0.05, 0.1) is 4.47 Å². The smallest absolute Gasteiger partial charge is 0.137 e. The first-order chi connectivity index (χ1) is 8.66. The molecule has 1 saturated carbocycles. The molecule has 2 unspecified atom stereocenters. The normalized spacial score (nSPS) is 24.8. The molecule has 2 atom stereocenters. The third-order valence-electron chi connectivity index (χ3n) is 3.48. The molecule has 0 aliphatic heterocycles. The van der Waals surface area contributed by atoms with Gasteiger partial charge in [0.2, 0.25) is 0 Å². The lowest BCUT2D eigenvalue weighted by Gasteiger charge is -2.21. The number of hydrogen-bond acceptors (Lipinski definition) is 1. The SMILES string of the molecule is Fc1ccc(CNC2CCCCCC2Cl)cc1Br. The van der Waals surface area contributed by atoms with Crippen molar-refractivity contribution in [2.45, 2.75) is 50.1 Å². The first kappa shape index (κ1) is 14.3. The maximum atomic E-state index is 13.1. The largest absolute Gasteiger partial charge is 0.308 e. The van der Waals surface area contributed by atoms with Crippen LogP contribution in [0.15, 0.2) is 22.7 Å². The van der Waals surface area contributed by atoms with Gasteiger partial charge in [-0.2, -0.15) is 0 Å². The Labute approximate surface area is 121 Å². The fourth-order valence-electron chi connectivity index (χ4n) is 2.39. The summed E-state index contributed by atoms with van der Waals surface area (Å²) in [5.41, 5.74) is 1.08. The predicted molar refractivity (Wildman–Crippen MR) is 77.5 cm³/mol. The molecule has 2 rings (SSSR count). The first-order valence-corrected chi connectivity index (χ1v) is 7.71. The second kappa shape index (κ2) is 6.88. The molecule has 0 heterocycles. The van der Waals surface area contributed by atoms with E-state index in [-0.39, 0.29) is 11.2 Å². The molecule has 4 heteroatoms. The Morgan fingerprint density at radius 2 is 2.06 bits per heavy atom. The number of hydrogen-bond donors (Lipinski definition) is 1. The molecule has 0 amide bonds. The monoisotopic (exact) mass is 333 g/mol. The van der Waals surface area contributed by atoms with Crippen LogP contribution in [0.2, 0.25) is 0 Å². The molecule has 0 bridgehead atoms. The van der Waals surface area contributed by atoms with Gasteiger partial charge in [-0.3, -0.25) is 0 Å². The van der Waals surface area contributed by atoms with Crippen LogP contribution < -0.4 is 5.32 Å². The van der Waals surface area contributed by atoms with Crippen molar-refractivity contribution >= 4 is 27.5 Å². The van der Waals surface area contributed by atoms with Gasteiger partial charge in [0, 0.05) is 18.0 Å². The van der Waals surface area contributed by atoms with Crippen LogP contribution in [0.25, 0.3) is 0 Å². The van der Waals surface area contributed by atoms with Gasteiger partial charge in [0.25, 0.3) is 0 Å². The fraction of sp³-hybridized carbons (Fsp3) is 0.571. The Morgan fingerprint density at radius 1 is 1.28 bits per heavy atom. The van der Waals surface area contributed by atoms with Crippen LogP contribution in [0, 0.1) is 5.82 Å².